The summed E-state index contributed by atoms with van der Waals surface area (Å²) in [5.41, 5.74) is 6.48. The fourth-order valence-corrected chi connectivity index (χ4v) is 2.45. The molecule has 0 heterocycles. The Morgan fingerprint density at radius 1 is 1.47 bits per heavy atom. The second-order valence-corrected chi connectivity index (χ2v) is 5.04. The molecule has 0 aliphatic heterocycles. The first kappa shape index (κ1) is 15.8. The minimum Gasteiger partial charge on any atom is -0.494 e. The van der Waals surface area contributed by atoms with Crippen LogP contribution in [0.4, 0.5) is 4.39 Å². The Balaban J connectivity index is 2.33. The highest BCUT2D eigenvalue weighted by atomic mass is 32.2. The van der Waals surface area contributed by atoms with Gasteiger partial charge in [0, 0.05) is 5.75 Å². The van der Waals surface area contributed by atoms with Crippen molar-refractivity contribution >= 4 is 17.7 Å². The Morgan fingerprint density at radius 3 is 2.79 bits per heavy atom. The molecule has 4 nitrogen and oxygen atoms in total. The highest BCUT2D eigenvalue weighted by Gasteiger charge is 2.12. The zero-order valence-electron chi connectivity index (χ0n) is 11.0. The average Bonchev–Trinajstić information content (AvgIpc) is 2.42. The Morgan fingerprint density at radius 2 is 2.21 bits per heavy atom. The smallest absolute Gasteiger partial charge is 0.322 e. The number of rotatable bonds is 7. The monoisotopic (exact) mass is 287 g/mol. The number of hydrogen-bond donors (Lipinski definition) is 1. The van der Waals surface area contributed by atoms with E-state index in [4.69, 9.17) is 10.5 Å². The van der Waals surface area contributed by atoms with Gasteiger partial charge in [-0.3, -0.25) is 4.79 Å². The van der Waals surface area contributed by atoms with Gasteiger partial charge in [-0.2, -0.15) is 11.8 Å². The molecule has 0 radical (unpaired) electrons. The van der Waals surface area contributed by atoms with Crippen molar-refractivity contribution in [3.05, 3.63) is 29.6 Å². The van der Waals surface area contributed by atoms with Crippen molar-refractivity contribution in [1.29, 1.82) is 0 Å². The Bertz CT molecular complexity index is 428. The summed E-state index contributed by atoms with van der Waals surface area (Å²) in [4.78, 5) is 11.1. The van der Waals surface area contributed by atoms with Gasteiger partial charge < -0.3 is 15.2 Å². The van der Waals surface area contributed by atoms with Gasteiger partial charge in [0.2, 0.25) is 0 Å². The van der Waals surface area contributed by atoms with Crippen LogP contribution < -0.4 is 10.5 Å². The normalized spacial score (nSPS) is 12.0. The van der Waals surface area contributed by atoms with Gasteiger partial charge in [0.1, 0.15) is 6.04 Å². The summed E-state index contributed by atoms with van der Waals surface area (Å²) in [6.07, 6.45) is 0.538. The lowest BCUT2D eigenvalue weighted by Gasteiger charge is -2.09. The molecule has 19 heavy (non-hydrogen) atoms. The molecule has 0 saturated heterocycles. The Kier molecular flexibility index (Phi) is 6.66. The molecular weight excluding hydrogens is 269 g/mol. The molecule has 2 N–H and O–H groups in total. The molecule has 0 aromatic heterocycles. The SMILES string of the molecule is COC(=O)C(N)CCSCc1ccc(OC)c(F)c1. The van der Waals surface area contributed by atoms with Crippen LogP contribution >= 0.6 is 11.8 Å². The number of nitrogens with two attached hydrogens (primary N) is 1. The molecule has 0 aliphatic rings. The zero-order chi connectivity index (χ0) is 14.3. The summed E-state index contributed by atoms with van der Waals surface area (Å²) in [7, 11) is 2.75. The first-order chi connectivity index (χ1) is 9.08. The number of carbonyl (C=O) groups is 1. The number of halogens is 1. The van der Waals surface area contributed by atoms with E-state index in [1.165, 1.54) is 20.3 Å². The molecule has 0 amide bonds. The number of carbonyl (C=O) groups excluding carboxylic acids is 1. The van der Waals surface area contributed by atoms with Crippen molar-refractivity contribution in [2.75, 3.05) is 20.0 Å². The van der Waals surface area contributed by atoms with Crippen LogP contribution in [0.25, 0.3) is 0 Å². The quantitative estimate of drug-likeness (QED) is 0.613. The van der Waals surface area contributed by atoms with Gasteiger partial charge in [0.15, 0.2) is 11.6 Å². The molecule has 1 aromatic rings. The maximum Gasteiger partial charge on any atom is 0.322 e. The van der Waals surface area contributed by atoms with E-state index in [9.17, 15) is 9.18 Å². The van der Waals surface area contributed by atoms with E-state index in [-0.39, 0.29) is 11.6 Å². The molecule has 1 aromatic carbocycles. The molecule has 106 valence electrons. The highest BCUT2D eigenvalue weighted by Crippen LogP contribution is 2.21. The fourth-order valence-electron chi connectivity index (χ4n) is 1.47. The molecule has 1 rings (SSSR count). The third-order valence-electron chi connectivity index (χ3n) is 2.56. The minimum atomic E-state index is -0.592. The second kappa shape index (κ2) is 8.01. The summed E-state index contributed by atoms with van der Waals surface area (Å²) >= 11 is 1.59. The predicted molar refractivity (Wildman–Crippen MR) is 73.7 cm³/mol. The average molecular weight is 287 g/mol. The number of benzene rings is 1. The lowest BCUT2D eigenvalue weighted by molar-refractivity contribution is -0.142. The number of thioether (sulfide) groups is 1. The van der Waals surface area contributed by atoms with Gasteiger partial charge in [0.05, 0.1) is 14.2 Å². The van der Waals surface area contributed by atoms with Crippen LogP contribution in [0.1, 0.15) is 12.0 Å². The molecule has 0 aliphatic carbocycles. The summed E-state index contributed by atoms with van der Waals surface area (Å²) in [5, 5.41) is 0. The van der Waals surface area contributed by atoms with E-state index in [1.807, 2.05) is 6.07 Å². The molecule has 0 bridgehead atoms. The lowest BCUT2D eigenvalue weighted by Crippen LogP contribution is -2.31. The number of hydrogen-bond acceptors (Lipinski definition) is 5. The van der Waals surface area contributed by atoms with Crippen molar-refractivity contribution in [2.24, 2.45) is 5.73 Å². The molecule has 0 fully saturated rings. The molecule has 0 spiro atoms. The van der Waals surface area contributed by atoms with Gasteiger partial charge >= 0.3 is 5.97 Å². The summed E-state index contributed by atoms with van der Waals surface area (Å²) in [6, 6.07) is 4.28. The third kappa shape index (κ3) is 5.08. The van der Waals surface area contributed by atoms with Crippen molar-refractivity contribution in [1.82, 2.24) is 0 Å². The van der Waals surface area contributed by atoms with E-state index in [1.54, 1.807) is 17.8 Å². The van der Waals surface area contributed by atoms with Crippen LogP contribution in [-0.2, 0) is 15.3 Å². The van der Waals surface area contributed by atoms with Crippen LogP contribution in [0.2, 0.25) is 0 Å². The topological polar surface area (TPSA) is 61.5 Å². The first-order valence-corrected chi connectivity index (χ1v) is 6.97. The van der Waals surface area contributed by atoms with Crippen LogP contribution in [0.3, 0.4) is 0 Å². The van der Waals surface area contributed by atoms with Crippen LogP contribution in [0.5, 0.6) is 5.75 Å². The molecule has 1 unspecified atom stereocenters. The van der Waals surface area contributed by atoms with Crippen molar-refractivity contribution in [3.63, 3.8) is 0 Å². The van der Waals surface area contributed by atoms with E-state index >= 15 is 0 Å². The van der Waals surface area contributed by atoms with Crippen LogP contribution in [0.15, 0.2) is 18.2 Å². The summed E-state index contributed by atoms with van der Waals surface area (Å²) in [6.45, 7) is 0. The van der Waals surface area contributed by atoms with Crippen molar-refractivity contribution in [2.45, 2.75) is 18.2 Å². The fraction of sp³-hybridized carbons (Fsp3) is 0.462. The zero-order valence-corrected chi connectivity index (χ0v) is 11.8. The molecule has 6 heteroatoms. The number of methoxy groups -OCH3 is 2. The minimum absolute atomic E-state index is 0.237. The molecular formula is C13H18FNO3S. The largest absolute Gasteiger partial charge is 0.494 e. The Labute approximate surface area is 116 Å². The van der Waals surface area contributed by atoms with Gasteiger partial charge in [0.25, 0.3) is 0 Å². The van der Waals surface area contributed by atoms with E-state index in [0.717, 1.165) is 5.56 Å². The summed E-state index contributed by atoms with van der Waals surface area (Å²) in [5.74, 6) is 0.836. The van der Waals surface area contributed by atoms with Crippen molar-refractivity contribution in [3.8, 4) is 5.75 Å². The summed E-state index contributed by atoms with van der Waals surface area (Å²) < 4.78 is 22.8. The molecule has 0 saturated carbocycles. The molecule has 1 atom stereocenters. The van der Waals surface area contributed by atoms with E-state index in [2.05, 4.69) is 4.74 Å². The van der Waals surface area contributed by atoms with E-state index < -0.39 is 12.0 Å². The van der Waals surface area contributed by atoms with Crippen LogP contribution in [-0.4, -0.2) is 32.0 Å². The number of esters is 1. The van der Waals surface area contributed by atoms with Gasteiger partial charge in [-0.05, 0) is 29.9 Å². The standard InChI is InChI=1S/C13H18FNO3S/c1-17-12-4-3-9(7-10(12)14)8-19-6-5-11(15)13(16)18-2/h3-4,7,11H,5-6,8,15H2,1-2H3. The highest BCUT2D eigenvalue weighted by molar-refractivity contribution is 7.98. The number of ether oxygens (including phenoxy) is 2. The van der Waals surface area contributed by atoms with E-state index in [0.29, 0.717) is 17.9 Å². The lowest BCUT2D eigenvalue weighted by atomic mass is 10.2. The predicted octanol–water partition coefficient (Wildman–Crippen LogP) is 1.96. The van der Waals surface area contributed by atoms with Crippen LogP contribution in [0, 0.1) is 5.82 Å². The maximum atomic E-state index is 13.4. The Hall–Kier alpha value is -1.27. The third-order valence-corrected chi connectivity index (χ3v) is 3.62. The van der Waals surface area contributed by atoms with Gasteiger partial charge in [-0.25, -0.2) is 4.39 Å². The van der Waals surface area contributed by atoms with Gasteiger partial charge in [-0.1, -0.05) is 6.07 Å². The maximum absolute atomic E-state index is 13.4. The van der Waals surface area contributed by atoms with Crippen molar-refractivity contribution < 1.29 is 18.7 Å². The van der Waals surface area contributed by atoms with Gasteiger partial charge in [-0.15, -0.1) is 0 Å². The second-order valence-electron chi connectivity index (χ2n) is 3.94. The first-order valence-electron chi connectivity index (χ1n) is 5.82.